The molecule has 0 heterocycles. The number of benzene rings is 1. The van der Waals surface area contributed by atoms with Crippen molar-refractivity contribution in [1.29, 1.82) is 0 Å². The van der Waals surface area contributed by atoms with E-state index in [-0.39, 0.29) is 5.02 Å². The number of carbonyl (C=O) groups excluding carboxylic acids is 1. The maximum atomic E-state index is 13.3. The summed E-state index contributed by atoms with van der Waals surface area (Å²) >= 11 is 5.44. The zero-order chi connectivity index (χ0) is 10.9. The fourth-order valence-corrected chi connectivity index (χ4v) is 1.20. The molecule has 0 fully saturated rings. The summed E-state index contributed by atoms with van der Waals surface area (Å²) in [5.74, 6) is -2.89. The molecule has 0 spiro atoms. The third-order valence-electron chi connectivity index (χ3n) is 1.81. The summed E-state index contributed by atoms with van der Waals surface area (Å²) in [5.41, 5.74) is -0.549. The van der Waals surface area contributed by atoms with Crippen LogP contribution in [0.1, 0.15) is 24.2 Å². The summed E-state index contributed by atoms with van der Waals surface area (Å²) in [6.07, 6.45) is 0. The zero-order valence-corrected chi connectivity index (χ0v) is 8.53. The molecule has 76 valence electrons. The van der Waals surface area contributed by atoms with E-state index in [1.54, 1.807) is 13.8 Å². The average Bonchev–Trinajstić information content (AvgIpc) is 2.12. The molecular formula is C10H9ClF2O. The summed E-state index contributed by atoms with van der Waals surface area (Å²) in [7, 11) is 0. The van der Waals surface area contributed by atoms with Gasteiger partial charge in [-0.2, -0.15) is 0 Å². The van der Waals surface area contributed by atoms with Gasteiger partial charge in [-0.3, -0.25) is 4.79 Å². The van der Waals surface area contributed by atoms with Crippen LogP contribution in [0.2, 0.25) is 5.02 Å². The van der Waals surface area contributed by atoms with Crippen molar-refractivity contribution in [1.82, 2.24) is 0 Å². The van der Waals surface area contributed by atoms with Crippen molar-refractivity contribution >= 4 is 17.4 Å². The van der Waals surface area contributed by atoms with Crippen LogP contribution >= 0.6 is 11.6 Å². The molecule has 0 aliphatic heterocycles. The number of halogens is 3. The first-order valence-corrected chi connectivity index (χ1v) is 4.50. The van der Waals surface area contributed by atoms with Crippen LogP contribution in [0.25, 0.3) is 0 Å². The maximum absolute atomic E-state index is 13.3. The monoisotopic (exact) mass is 218 g/mol. The predicted octanol–water partition coefficient (Wildman–Crippen LogP) is 3.46. The highest BCUT2D eigenvalue weighted by Gasteiger charge is 2.21. The van der Waals surface area contributed by atoms with Crippen molar-refractivity contribution in [2.24, 2.45) is 5.92 Å². The van der Waals surface area contributed by atoms with Crippen LogP contribution in [-0.2, 0) is 0 Å². The molecule has 0 saturated heterocycles. The zero-order valence-electron chi connectivity index (χ0n) is 7.77. The van der Waals surface area contributed by atoms with E-state index in [9.17, 15) is 13.6 Å². The van der Waals surface area contributed by atoms with E-state index in [2.05, 4.69) is 0 Å². The Balaban J connectivity index is 3.33. The molecular weight excluding hydrogens is 210 g/mol. The second kappa shape index (κ2) is 4.05. The summed E-state index contributed by atoms with van der Waals surface area (Å²) in [6, 6.07) is 2.07. The third kappa shape index (κ3) is 1.93. The van der Waals surface area contributed by atoms with Gasteiger partial charge in [-0.1, -0.05) is 25.4 Å². The third-order valence-corrected chi connectivity index (χ3v) is 2.11. The van der Waals surface area contributed by atoms with Crippen molar-refractivity contribution in [3.63, 3.8) is 0 Å². The highest BCUT2D eigenvalue weighted by molar-refractivity contribution is 6.31. The smallest absolute Gasteiger partial charge is 0.171 e. The molecule has 1 aromatic rings. The summed E-state index contributed by atoms with van der Waals surface area (Å²) in [4.78, 5) is 11.4. The number of carbonyl (C=O) groups is 1. The van der Waals surface area contributed by atoms with Gasteiger partial charge in [-0.25, -0.2) is 8.78 Å². The van der Waals surface area contributed by atoms with Crippen LogP contribution in [0.3, 0.4) is 0 Å². The molecule has 0 bridgehead atoms. The number of Topliss-reactive ketones (excluding diaryl/α,β-unsaturated/α-hetero) is 1. The molecule has 1 nitrogen and oxygen atoms in total. The molecule has 0 N–H and O–H groups in total. The van der Waals surface area contributed by atoms with Gasteiger partial charge in [0, 0.05) is 5.92 Å². The lowest BCUT2D eigenvalue weighted by Gasteiger charge is -2.07. The van der Waals surface area contributed by atoms with Crippen molar-refractivity contribution in [2.45, 2.75) is 13.8 Å². The molecule has 1 rings (SSSR count). The van der Waals surface area contributed by atoms with Crippen LogP contribution in [0.5, 0.6) is 0 Å². The Morgan fingerprint density at radius 2 is 1.93 bits per heavy atom. The standard InChI is InChI=1S/C10H9ClF2O/c1-5(2)10(14)8-7(12)4-3-6(11)9(8)13/h3-5H,1-2H3. The van der Waals surface area contributed by atoms with Crippen LogP contribution in [0.4, 0.5) is 8.78 Å². The average molecular weight is 219 g/mol. The quantitative estimate of drug-likeness (QED) is 0.549. The van der Waals surface area contributed by atoms with Crippen LogP contribution < -0.4 is 0 Å². The number of ketones is 1. The van der Waals surface area contributed by atoms with Crippen molar-refractivity contribution < 1.29 is 13.6 Å². The van der Waals surface area contributed by atoms with Gasteiger partial charge >= 0.3 is 0 Å². The van der Waals surface area contributed by atoms with Crippen LogP contribution in [-0.4, -0.2) is 5.78 Å². The summed E-state index contributed by atoms with van der Waals surface area (Å²) in [6.45, 7) is 3.14. The minimum absolute atomic E-state index is 0.240. The van der Waals surface area contributed by atoms with Crippen LogP contribution in [0.15, 0.2) is 12.1 Å². The Morgan fingerprint density at radius 3 is 2.43 bits per heavy atom. The lowest BCUT2D eigenvalue weighted by atomic mass is 10.0. The van der Waals surface area contributed by atoms with Gasteiger partial charge in [0.05, 0.1) is 10.6 Å². The number of rotatable bonds is 2. The molecule has 0 unspecified atom stereocenters. The summed E-state index contributed by atoms with van der Waals surface area (Å²) < 4.78 is 26.4. The van der Waals surface area contributed by atoms with Gasteiger partial charge in [0.1, 0.15) is 5.82 Å². The first kappa shape index (κ1) is 11.1. The minimum Gasteiger partial charge on any atom is -0.294 e. The minimum atomic E-state index is -0.981. The van der Waals surface area contributed by atoms with Gasteiger partial charge < -0.3 is 0 Å². The first-order chi connectivity index (χ1) is 6.45. The van der Waals surface area contributed by atoms with E-state index in [1.807, 2.05) is 0 Å². The Labute approximate surface area is 85.7 Å². The second-order valence-electron chi connectivity index (χ2n) is 3.24. The highest BCUT2D eigenvalue weighted by Crippen LogP contribution is 2.23. The van der Waals surface area contributed by atoms with Crippen molar-refractivity contribution in [3.05, 3.63) is 34.4 Å². The molecule has 0 radical (unpaired) electrons. The second-order valence-corrected chi connectivity index (χ2v) is 3.64. The van der Waals surface area contributed by atoms with E-state index in [4.69, 9.17) is 11.6 Å². The molecule has 0 atom stereocenters. The molecule has 0 saturated carbocycles. The summed E-state index contributed by atoms with van der Waals surface area (Å²) in [5, 5.41) is -0.240. The topological polar surface area (TPSA) is 17.1 Å². The fraction of sp³-hybridized carbons (Fsp3) is 0.300. The lowest BCUT2D eigenvalue weighted by molar-refractivity contribution is 0.0931. The molecule has 0 aromatic heterocycles. The first-order valence-electron chi connectivity index (χ1n) is 4.13. The molecule has 1 aromatic carbocycles. The fourth-order valence-electron chi connectivity index (χ4n) is 1.04. The van der Waals surface area contributed by atoms with Gasteiger partial charge in [-0.05, 0) is 12.1 Å². The molecule has 0 amide bonds. The van der Waals surface area contributed by atoms with Gasteiger partial charge in [0.2, 0.25) is 0 Å². The van der Waals surface area contributed by atoms with Gasteiger partial charge in [-0.15, -0.1) is 0 Å². The van der Waals surface area contributed by atoms with Crippen LogP contribution in [0, 0.1) is 17.6 Å². The highest BCUT2D eigenvalue weighted by atomic mass is 35.5. The van der Waals surface area contributed by atoms with E-state index >= 15 is 0 Å². The predicted molar refractivity (Wildman–Crippen MR) is 50.5 cm³/mol. The maximum Gasteiger partial charge on any atom is 0.171 e. The van der Waals surface area contributed by atoms with E-state index < -0.39 is 28.9 Å². The lowest BCUT2D eigenvalue weighted by Crippen LogP contribution is -2.12. The van der Waals surface area contributed by atoms with Crippen molar-refractivity contribution in [3.8, 4) is 0 Å². The normalized spacial score (nSPS) is 10.7. The largest absolute Gasteiger partial charge is 0.294 e. The van der Waals surface area contributed by atoms with Gasteiger partial charge in [0.25, 0.3) is 0 Å². The molecule has 0 aliphatic carbocycles. The SMILES string of the molecule is CC(C)C(=O)c1c(F)ccc(Cl)c1F. The van der Waals surface area contributed by atoms with E-state index in [0.717, 1.165) is 12.1 Å². The molecule has 4 heteroatoms. The number of hydrogen-bond donors (Lipinski definition) is 0. The van der Waals surface area contributed by atoms with E-state index in [1.165, 1.54) is 0 Å². The molecule has 0 aliphatic rings. The van der Waals surface area contributed by atoms with Gasteiger partial charge in [0.15, 0.2) is 11.6 Å². The Kier molecular flexibility index (Phi) is 3.21. The Hall–Kier alpha value is -0.960. The molecule has 14 heavy (non-hydrogen) atoms. The Bertz CT molecular complexity index is 375. The van der Waals surface area contributed by atoms with Crippen molar-refractivity contribution in [2.75, 3.05) is 0 Å². The number of hydrogen-bond acceptors (Lipinski definition) is 1. The Morgan fingerprint density at radius 1 is 1.36 bits per heavy atom. The van der Waals surface area contributed by atoms with E-state index in [0.29, 0.717) is 0 Å².